The number of anilines is 1. The molecule has 5 heterocycles. The van der Waals surface area contributed by atoms with Gasteiger partial charge in [-0.15, -0.1) is 0 Å². The number of aryl methyl sites for hydroxylation is 1. The lowest BCUT2D eigenvalue weighted by Crippen LogP contribution is -2.26. The van der Waals surface area contributed by atoms with Crippen LogP contribution in [0, 0.1) is 12.8 Å². The van der Waals surface area contributed by atoms with E-state index in [9.17, 15) is 9.90 Å². The molecule has 1 saturated carbocycles. The Hall–Kier alpha value is -3.43. The highest BCUT2D eigenvalue weighted by atomic mass is 16.5. The summed E-state index contributed by atoms with van der Waals surface area (Å²) < 4.78 is 11.3. The van der Waals surface area contributed by atoms with E-state index in [-0.39, 0.29) is 18.4 Å². The van der Waals surface area contributed by atoms with Crippen molar-refractivity contribution in [3.05, 3.63) is 42.1 Å². The first kappa shape index (κ1) is 19.3. The first-order valence-corrected chi connectivity index (χ1v) is 10.6. The second-order valence-corrected chi connectivity index (χ2v) is 8.53. The van der Waals surface area contributed by atoms with Gasteiger partial charge in [0.1, 0.15) is 16.9 Å². The number of amides is 1. The molecule has 4 aromatic heterocycles. The number of rotatable bonds is 4. The summed E-state index contributed by atoms with van der Waals surface area (Å²) in [6.45, 7) is 2.61. The summed E-state index contributed by atoms with van der Waals surface area (Å²) in [6, 6.07) is 3.57. The Kier molecular flexibility index (Phi) is 4.24. The minimum absolute atomic E-state index is 0.00142. The highest BCUT2D eigenvalue weighted by Gasteiger charge is 2.36. The van der Waals surface area contributed by atoms with Crippen molar-refractivity contribution in [3.8, 4) is 11.5 Å². The average molecular weight is 431 g/mol. The third-order valence-electron chi connectivity index (χ3n) is 6.15. The molecule has 0 aromatic carbocycles. The van der Waals surface area contributed by atoms with Gasteiger partial charge in [-0.3, -0.25) is 14.8 Å². The van der Waals surface area contributed by atoms with Crippen molar-refractivity contribution in [1.82, 2.24) is 19.9 Å². The fourth-order valence-electron chi connectivity index (χ4n) is 4.04. The quantitative estimate of drug-likeness (QED) is 0.505. The monoisotopic (exact) mass is 431 g/mol. The lowest BCUT2D eigenvalue weighted by atomic mass is 9.98. The molecule has 1 aliphatic carbocycles. The van der Waals surface area contributed by atoms with Crippen LogP contribution in [0.4, 0.5) is 5.82 Å². The van der Waals surface area contributed by atoms with Gasteiger partial charge in [0.15, 0.2) is 5.58 Å². The van der Waals surface area contributed by atoms with Crippen LogP contribution >= 0.6 is 0 Å². The Labute approximate surface area is 182 Å². The number of carbonyl (C=O) groups is 1. The number of carbonyl (C=O) groups excluding carboxylic acids is 1. The molecule has 162 valence electrons. The number of hydrogen-bond acceptors (Lipinski definition) is 8. The van der Waals surface area contributed by atoms with Crippen molar-refractivity contribution in [3.63, 3.8) is 0 Å². The molecule has 0 bridgehead atoms. The van der Waals surface area contributed by atoms with Crippen LogP contribution in [0.1, 0.15) is 30.7 Å². The Morgan fingerprint density at radius 3 is 2.81 bits per heavy atom. The average Bonchev–Trinajstić information content (AvgIpc) is 3.41. The summed E-state index contributed by atoms with van der Waals surface area (Å²) in [5.74, 6) is 0.963. The minimum Gasteiger partial charge on any atom is -0.434 e. The standard InChI is InChI=1S/C23H21N5O4/c1-12-15-8-26-20(28-21(29)13-2-3-13)6-14(15)16(9-24-12)22-27-17-7-19(25-10-18(17)32-22)23(30)4-5-31-11-23/h6-10,13,30H,2-5,11H2,1H3,(H,26,28,29). The van der Waals surface area contributed by atoms with Gasteiger partial charge in [-0.25, -0.2) is 9.97 Å². The van der Waals surface area contributed by atoms with Crippen LogP contribution in [0.25, 0.3) is 33.3 Å². The Bertz CT molecular complexity index is 1370. The fraction of sp³-hybridized carbons (Fsp3) is 0.348. The Morgan fingerprint density at radius 2 is 2.03 bits per heavy atom. The summed E-state index contributed by atoms with van der Waals surface area (Å²) in [6.07, 6.45) is 7.33. The van der Waals surface area contributed by atoms with Crippen LogP contribution in [0.2, 0.25) is 0 Å². The molecule has 32 heavy (non-hydrogen) atoms. The summed E-state index contributed by atoms with van der Waals surface area (Å²) in [7, 11) is 0. The molecule has 6 rings (SSSR count). The zero-order valence-electron chi connectivity index (χ0n) is 17.5. The number of pyridine rings is 3. The van der Waals surface area contributed by atoms with E-state index >= 15 is 0 Å². The molecule has 1 atom stereocenters. The zero-order valence-corrected chi connectivity index (χ0v) is 17.5. The smallest absolute Gasteiger partial charge is 0.229 e. The van der Waals surface area contributed by atoms with Gasteiger partial charge in [0.05, 0.1) is 24.1 Å². The minimum atomic E-state index is -1.11. The van der Waals surface area contributed by atoms with E-state index in [1.165, 1.54) is 0 Å². The maximum Gasteiger partial charge on any atom is 0.229 e. The number of nitrogens with one attached hydrogen (secondary N) is 1. The van der Waals surface area contributed by atoms with Gasteiger partial charge in [0.25, 0.3) is 0 Å². The maximum absolute atomic E-state index is 12.2. The van der Waals surface area contributed by atoms with Crippen LogP contribution in [0.15, 0.2) is 35.1 Å². The van der Waals surface area contributed by atoms with Gasteiger partial charge in [0.2, 0.25) is 11.8 Å². The zero-order chi connectivity index (χ0) is 21.9. The van der Waals surface area contributed by atoms with Crippen LogP contribution in [-0.2, 0) is 15.1 Å². The van der Waals surface area contributed by atoms with Crippen molar-refractivity contribution in [2.75, 3.05) is 18.5 Å². The maximum atomic E-state index is 12.2. The second-order valence-electron chi connectivity index (χ2n) is 8.53. The van der Waals surface area contributed by atoms with E-state index in [2.05, 4.69) is 25.3 Å². The normalized spacial score (nSPS) is 20.8. The number of ether oxygens (including phenoxy) is 1. The van der Waals surface area contributed by atoms with Crippen molar-refractivity contribution in [1.29, 1.82) is 0 Å². The van der Waals surface area contributed by atoms with E-state index in [0.29, 0.717) is 47.1 Å². The van der Waals surface area contributed by atoms with Crippen molar-refractivity contribution < 1.29 is 19.1 Å². The number of aromatic nitrogens is 4. The third kappa shape index (κ3) is 3.21. The summed E-state index contributed by atoms with van der Waals surface area (Å²) in [5, 5.41) is 15.3. The number of nitrogens with zero attached hydrogens (tertiary/aromatic N) is 4. The molecule has 0 radical (unpaired) electrons. The highest BCUT2D eigenvalue weighted by Crippen LogP contribution is 2.35. The van der Waals surface area contributed by atoms with E-state index < -0.39 is 5.60 Å². The molecule has 2 N–H and O–H groups in total. The number of aliphatic hydroxyl groups is 1. The lowest BCUT2D eigenvalue weighted by Gasteiger charge is -2.18. The topological polar surface area (TPSA) is 123 Å². The van der Waals surface area contributed by atoms with Crippen LogP contribution < -0.4 is 5.32 Å². The first-order chi connectivity index (χ1) is 15.5. The summed E-state index contributed by atoms with van der Waals surface area (Å²) >= 11 is 0. The van der Waals surface area contributed by atoms with E-state index in [4.69, 9.17) is 9.15 Å². The van der Waals surface area contributed by atoms with Crippen LogP contribution in [-0.4, -0.2) is 44.2 Å². The highest BCUT2D eigenvalue weighted by molar-refractivity contribution is 6.00. The van der Waals surface area contributed by atoms with E-state index in [1.54, 1.807) is 24.7 Å². The first-order valence-electron chi connectivity index (χ1n) is 10.6. The van der Waals surface area contributed by atoms with Gasteiger partial charge < -0.3 is 19.6 Å². The molecule has 4 aromatic rings. The Morgan fingerprint density at radius 1 is 1.16 bits per heavy atom. The molecule has 2 aliphatic rings. The van der Waals surface area contributed by atoms with Gasteiger partial charge in [-0.2, -0.15) is 0 Å². The third-order valence-corrected chi connectivity index (χ3v) is 6.15. The molecular weight excluding hydrogens is 410 g/mol. The molecular formula is C23H21N5O4. The molecule has 0 spiro atoms. The summed E-state index contributed by atoms with van der Waals surface area (Å²) in [5.41, 5.74) is 2.02. The number of hydrogen-bond donors (Lipinski definition) is 2. The van der Waals surface area contributed by atoms with Gasteiger partial charge >= 0.3 is 0 Å². The molecule has 2 fully saturated rings. The van der Waals surface area contributed by atoms with Gasteiger partial charge in [0, 0.05) is 47.8 Å². The molecule has 1 aliphatic heterocycles. The SMILES string of the molecule is Cc1ncc(-c2nc3cc(C4(O)CCOC4)ncc3o2)c2cc(NC(=O)C3CC3)ncc12. The van der Waals surface area contributed by atoms with Crippen molar-refractivity contribution in [2.45, 2.75) is 31.8 Å². The van der Waals surface area contributed by atoms with Gasteiger partial charge in [-0.05, 0) is 31.9 Å². The predicted molar refractivity (Wildman–Crippen MR) is 116 cm³/mol. The van der Waals surface area contributed by atoms with Crippen molar-refractivity contribution in [2.24, 2.45) is 5.92 Å². The van der Waals surface area contributed by atoms with E-state index in [0.717, 1.165) is 29.3 Å². The molecule has 1 unspecified atom stereocenters. The van der Waals surface area contributed by atoms with Crippen LogP contribution in [0.3, 0.4) is 0 Å². The number of oxazole rings is 1. The molecule has 9 nitrogen and oxygen atoms in total. The Balaban J connectivity index is 1.43. The summed E-state index contributed by atoms with van der Waals surface area (Å²) in [4.78, 5) is 30.1. The van der Waals surface area contributed by atoms with E-state index in [1.807, 2.05) is 13.0 Å². The van der Waals surface area contributed by atoms with Gasteiger partial charge in [-0.1, -0.05) is 0 Å². The second kappa shape index (κ2) is 7.04. The predicted octanol–water partition coefficient (Wildman–Crippen LogP) is 3.10. The van der Waals surface area contributed by atoms with Crippen molar-refractivity contribution >= 4 is 33.6 Å². The molecule has 1 saturated heterocycles. The largest absolute Gasteiger partial charge is 0.434 e. The fourth-order valence-corrected chi connectivity index (χ4v) is 4.04. The lowest BCUT2D eigenvalue weighted by molar-refractivity contribution is -0.117. The number of fused-ring (bicyclic) bond motifs is 2. The molecule has 1 amide bonds. The molecule has 9 heteroatoms. The van der Waals surface area contributed by atoms with Crippen LogP contribution in [0.5, 0.6) is 0 Å².